The largest absolute Gasteiger partial charge is 0.313 e. The molecule has 3 heteroatoms. The van der Waals surface area contributed by atoms with Gasteiger partial charge in [-0.1, -0.05) is 31.0 Å². The molecule has 2 rings (SSSR count). The van der Waals surface area contributed by atoms with Gasteiger partial charge >= 0.3 is 0 Å². The Bertz CT molecular complexity index is 402. The van der Waals surface area contributed by atoms with Gasteiger partial charge in [0.15, 0.2) is 0 Å². The van der Waals surface area contributed by atoms with Crippen LogP contribution < -0.4 is 5.32 Å². The Hall–Kier alpha value is -0.930. The van der Waals surface area contributed by atoms with E-state index in [0.29, 0.717) is 6.04 Å². The molecular weight excluding hydrogens is 251 g/mol. The number of hydrogen-bond donors (Lipinski definition) is 1. The Labute approximate surface area is 122 Å². The van der Waals surface area contributed by atoms with Gasteiger partial charge in [-0.3, -0.25) is 0 Å². The van der Waals surface area contributed by atoms with Gasteiger partial charge in [-0.25, -0.2) is 4.39 Å². The molecule has 20 heavy (non-hydrogen) atoms. The van der Waals surface area contributed by atoms with Crippen LogP contribution in [0.4, 0.5) is 4.39 Å². The van der Waals surface area contributed by atoms with E-state index in [0.717, 1.165) is 31.1 Å². The SMILES string of the molecule is CC(Cc1ccccc1F)NCCN(C)C1CCCC1. The highest BCUT2D eigenvalue weighted by molar-refractivity contribution is 5.18. The summed E-state index contributed by atoms with van der Waals surface area (Å²) in [5, 5.41) is 3.50. The highest BCUT2D eigenvalue weighted by Gasteiger charge is 2.18. The van der Waals surface area contributed by atoms with Gasteiger partial charge in [0.2, 0.25) is 0 Å². The van der Waals surface area contributed by atoms with E-state index in [-0.39, 0.29) is 5.82 Å². The van der Waals surface area contributed by atoms with Crippen LogP contribution >= 0.6 is 0 Å². The lowest BCUT2D eigenvalue weighted by Crippen LogP contribution is -2.38. The second-order valence-electron chi connectivity index (χ2n) is 6.07. The highest BCUT2D eigenvalue weighted by atomic mass is 19.1. The number of benzene rings is 1. The summed E-state index contributed by atoms with van der Waals surface area (Å²) < 4.78 is 13.6. The Balaban J connectivity index is 1.67. The summed E-state index contributed by atoms with van der Waals surface area (Å²) in [5.74, 6) is -0.0933. The van der Waals surface area contributed by atoms with Crippen LogP contribution in [0.2, 0.25) is 0 Å². The van der Waals surface area contributed by atoms with Crippen LogP contribution in [0.1, 0.15) is 38.2 Å². The van der Waals surface area contributed by atoms with Gasteiger partial charge in [-0.15, -0.1) is 0 Å². The van der Waals surface area contributed by atoms with Crippen LogP contribution in [0, 0.1) is 5.82 Å². The topological polar surface area (TPSA) is 15.3 Å². The second kappa shape index (κ2) is 7.75. The molecule has 1 aliphatic rings. The van der Waals surface area contributed by atoms with Gasteiger partial charge in [-0.05, 0) is 44.9 Å². The maximum Gasteiger partial charge on any atom is 0.126 e. The fourth-order valence-electron chi connectivity index (χ4n) is 3.08. The van der Waals surface area contributed by atoms with Crippen molar-refractivity contribution >= 4 is 0 Å². The minimum atomic E-state index is -0.0933. The molecule has 0 spiro atoms. The Morgan fingerprint density at radius 1 is 1.30 bits per heavy atom. The Kier molecular flexibility index (Phi) is 5.99. The molecule has 1 fully saturated rings. The van der Waals surface area contributed by atoms with Crippen LogP contribution in [-0.4, -0.2) is 37.1 Å². The maximum atomic E-state index is 13.6. The van der Waals surface area contributed by atoms with E-state index in [1.54, 1.807) is 6.07 Å². The third kappa shape index (κ3) is 4.57. The zero-order valence-corrected chi connectivity index (χ0v) is 12.7. The zero-order valence-electron chi connectivity index (χ0n) is 12.7. The van der Waals surface area contributed by atoms with Crippen LogP contribution in [0.5, 0.6) is 0 Å². The molecule has 0 aliphatic heterocycles. The molecule has 1 atom stereocenters. The van der Waals surface area contributed by atoms with Crippen LogP contribution in [0.25, 0.3) is 0 Å². The third-order valence-corrected chi connectivity index (χ3v) is 4.39. The van der Waals surface area contributed by atoms with E-state index >= 15 is 0 Å². The number of likely N-dealkylation sites (N-methyl/N-ethyl adjacent to an activating group) is 1. The second-order valence-corrected chi connectivity index (χ2v) is 6.07. The van der Waals surface area contributed by atoms with Crippen LogP contribution in [0.3, 0.4) is 0 Å². The van der Waals surface area contributed by atoms with Gasteiger partial charge in [0, 0.05) is 25.2 Å². The highest BCUT2D eigenvalue weighted by Crippen LogP contribution is 2.21. The van der Waals surface area contributed by atoms with Crippen molar-refractivity contribution in [2.24, 2.45) is 0 Å². The molecule has 1 aromatic carbocycles. The first-order valence-corrected chi connectivity index (χ1v) is 7.84. The van der Waals surface area contributed by atoms with E-state index in [1.165, 1.54) is 31.7 Å². The smallest absolute Gasteiger partial charge is 0.126 e. The zero-order chi connectivity index (χ0) is 14.4. The normalized spacial score (nSPS) is 17.8. The molecule has 1 saturated carbocycles. The first-order chi connectivity index (χ1) is 9.66. The van der Waals surface area contributed by atoms with E-state index in [4.69, 9.17) is 0 Å². The van der Waals surface area contributed by atoms with Crippen molar-refractivity contribution < 1.29 is 4.39 Å². The van der Waals surface area contributed by atoms with Gasteiger partial charge in [-0.2, -0.15) is 0 Å². The van der Waals surface area contributed by atoms with Crippen molar-refractivity contribution in [3.8, 4) is 0 Å². The average molecular weight is 278 g/mol. The predicted octanol–water partition coefficient (Wildman–Crippen LogP) is 3.22. The van der Waals surface area contributed by atoms with Crippen molar-refractivity contribution in [1.82, 2.24) is 10.2 Å². The van der Waals surface area contributed by atoms with E-state index in [1.807, 2.05) is 12.1 Å². The number of rotatable bonds is 7. The molecule has 1 aromatic rings. The molecule has 0 aromatic heterocycles. The Morgan fingerprint density at radius 3 is 2.70 bits per heavy atom. The number of hydrogen-bond acceptors (Lipinski definition) is 2. The first-order valence-electron chi connectivity index (χ1n) is 7.84. The molecule has 2 nitrogen and oxygen atoms in total. The lowest BCUT2D eigenvalue weighted by atomic mass is 10.1. The molecular formula is C17H27FN2. The number of nitrogens with one attached hydrogen (secondary N) is 1. The first kappa shape index (κ1) is 15.5. The van der Waals surface area contributed by atoms with Crippen molar-refractivity contribution in [3.05, 3.63) is 35.6 Å². The fourth-order valence-corrected chi connectivity index (χ4v) is 3.08. The summed E-state index contributed by atoms with van der Waals surface area (Å²) in [7, 11) is 2.22. The average Bonchev–Trinajstić information content (AvgIpc) is 2.95. The van der Waals surface area contributed by atoms with Crippen molar-refractivity contribution in [3.63, 3.8) is 0 Å². The monoisotopic (exact) mass is 278 g/mol. The van der Waals surface area contributed by atoms with Gasteiger partial charge in [0.25, 0.3) is 0 Å². The lowest BCUT2D eigenvalue weighted by molar-refractivity contribution is 0.242. The van der Waals surface area contributed by atoms with Gasteiger partial charge in [0.1, 0.15) is 5.82 Å². The van der Waals surface area contributed by atoms with Crippen molar-refractivity contribution in [2.75, 3.05) is 20.1 Å². The summed E-state index contributed by atoms with van der Waals surface area (Å²) >= 11 is 0. The summed E-state index contributed by atoms with van der Waals surface area (Å²) in [5.41, 5.74) is 0.802. The van der Waals surface area contributed by atoms with Gasteiger partial charge in [0.05, 0.1) is 0 Å². The third-order valence-electron chi connectivity index (χ3n) is 4.39. The maximum absolute atomic E-state index is 13.6. The standard InChI is InChI=1S/C17H27FN2/c1-14(13-15-7-3-6-10-17(15)18)19-11-12-20(2)16-8-4-5-9-16/h3,6-7,10,14,16,19H,4-5,8-9,11-13H2,1-2H3. The summed E-state index contributed by atoms with van der Waals surface area (Å²) in [4.78, 5) is 2.47. The van der Waals surface area contributed by atoms with Gasteiger partial charge < -0.3 is 10.2 Å². The van der Waals surface area contributed by atoms with E-state index in [9.17, 15) is 4.39 Å². The van der Waals surface area contributed by atoms with E-state index in [2.05, 4.69) is 24.2 Å². The summed E-state index contributed by atoms with van der Waals surface area (Å²) in [6, 6.07) is 8.14. The Morgan fingerprint density at radius 2 is 2.00 bits per heavy atom. The molecule has 0 heterocycles. The van der Waals surface area contributed by atoms with Crippen LogP contribution in [-0.2, 0) is 6.42 Å². The molecule has 0 saturated heterocycles. The molecule has 1 unspecified atom stereocenters. The fraction of sp³-hybridized carbons (Fsp3) is 0.647. The minimum absolute atomic E-state index is 0.0933. The molecule has 112 valence electrons. The lowest BCUT2D eigenvalue weighted by Gasteiger charge is -2.25. The van der Waals surface area contributed by atoms with Crippen LogP contribution in [0.15, 0.2) is 24.3 Å². The molecule has 0 bridgehead atoms. The molecule has 1 N–H and O–H groups in total. The molecule has 0 radical (unpaired) electrons. The molecule has 1 aliphatic carbocycles. The summed E-state index contributed by atoms with van der Waals surface area (Å²) in [6.45, 7) is 4.18. The van der Waals surface area contributed by atoms with E-state index < -0.39 is 0 Å². The quantitative estimate of drug-likeness (QED) is 0.824. The minimum Gasteiger partial charge on any atom is -0.313 e. The number of halogens is 1. The van der Waals surface area contributed by atoms with Crippen molar-refractivity contribution in [1.29, 1.82) is 0 Å². The number of nitrogens with zero attached hydrogens (tertiary/aromatic N) is 1. The summed E-state index contributed by atoms with van der Waals surface area (Å²) in [6.07, 6.45) is 6.21. The predicted molar refractivity (Wildman–Crippen MR) is 82.5 cm³/mol. The molecule has 0 amide bonds. The van der Waals surface area contributed by atoms with Crippen molar-refractivity contribution in [2.45, 2.75) is 51.1 Å².